The van der Waals surface area contributed by atoms with Crippen LogP contribution in [-0.4, -0.2) is 29.8 Å². The first-order valence-corrected chi connectivity index (χ1v) is 13.4. The standard InChI is InChI=1S/C31H32N2O2S/c1-21-8-7-11-25(15-21)20-33-27-17-26(30(34)32-18-22(2)14-23(3)19-32)12-13-28(27)36-29(31(33)35)16-24-9-5-4-6-10-24/h4-13,15-17,22-23H,14,18-20H2,1-3H3/b29-16+/t22-,23-/m1/s1. The van der Waals surface area contributed by atoms with E-state index in [4.69, 9.17) is 0 Å². The predicted molar refractivity (Wildman–Crippen MR) is 148 cm³/mol. The quantitative estimate of drug-likeness (QED) is 0.373. The van der Waals surface area contributed by atoms with Crippen molar-refractivity contribution in [2.45, 2.75) is 38.6 Å². The molecule has 0 radical (unpaired) electrons. The maximum absolute atomic E-state index is 13.8. The second kappa shape index (κ2) is 10.4. The van der Waals surface area contributed by atoms with Crippen molar-refractivity contribution in [1.82, 2.24) is 4.90 Å². The Labute approximate surface area is 218 Å². The molecule has 0 N–H and O–H groups in total. The fourth-order valence-electron chi connectivity index (χ4n) is 5.31. The van der Waals surface area contributed by atoms with Gasteiger partial charge in [0.25, 0.3) is 11.8 Å². The third-order valence-electron chi connectivity index (χ3n) is 6.85. The number of nitrogens with zero attached hydrogens (tertiary/aromatic N) is 2. The summed E-state index contributed by atoms with van der Waals surface area (Å²) < 4.78 is 0. The van der Waals surface area contributed by atoms with Crippen molar-refractivity contribution in [2.24, 2.45) is 11.8 Å². The van der Waals surface area contributed by atoms with Crippen LogP contribution in [0.1, 0.15) is 47.3 Å². The van der Waals surface area contributed by atoms with Crippen molar-refractivity contribution in [3.63, 3.8) is 0 Å². The van der Waals surface area contributed by atoms with Crippen LogP contribution in [0.2, 0.25) is 0 Å². The zero-order valence-corrected chi connectivity index (χ0v) is 21.9. The molecule has 0 spiro atoms. The molecule has 2 amide bonds. The van der Waals surface area contributed by atoms with Crippen molar-refractivity contribution in [1.29, 1.82) is 0 Å². The van der Waals surface area contributed by atoms with E-state index in [0.29, 0.717) is 28.8 Å². The lowest BCUT2D eigenvalue weighted by Gasteiger charge is -2.35. The van der Waals surface area contributed by atoms with Crippen LogP contribution in [0.4, 0.5) is 5.69 Å². The second-order valence-electron chi connectivity index (χ2n) is 10.2. The number of hydrogen-bond acceptors (Lipinski definition) is 3. The summed E-state index contributed by atoms with van der Waals surface area (Å²) in [4.78, 5) is 32.7. The molecule has 0 unspecified atom stereocenters. The molecule has 2 aliphatic heterocycles. The third kappa shape index (κ3) is 5.26. The number of carbonyl (C=O) groups excluding carboxylic acids is 2. The molecule has 0 bridgehead atoms. The molecular formula is C31H32N2O2S. The number of aryl methyl sites for hydroxylation is 1. The molecule has 36 heavy (non-hydrogen) atoms. The monoisotopic (exact) mass is 496 g/mol. The zero-order valence-electron chi connectivity index (χ0n) is 21.1. The van der Waals surface area contributed by atoms with Crippen LogP contribution >= 0.6 is 11.8 Å². The summed E-state index contributed by atoms with van der Waals surface area (Å²) in [6.07, 6.45) is 3.11. The first-order valence-electron chi connectivity index (χ1n) is 12.6. The molecule has 5 heteroatoms. The highest BCUT2D eigenvalue weighted by molar-refractivity contribution is 8.04. The summed E-state index contributed by atoms with van der Waals surface area (Å²) in [5.74, 6) is 1.00. The van der Waals surface area contributed by atoms with Crippen LogP contribution in [0.15, 0.2) is 82.6 Å². The van der Waals surface area contributed by atoms with Crippen LogP contribution in [0.5, 0.6) is 0 Å². The van der Waals surface area contributed by atoms with E-state index in [9.17, 15) is 9.59 Å². The average molecular weight is 497 g/mol. The fraction of sp³-hybridized carbons (Fsp3) is 0.290. The molecule has 0 aromatic heterocycles. The van der Waals surface area contributed by atoms with Crippen molar-refractivity contribution in [3.05, 3.63) is 100.0 Å². The number of likely N-dealkylation sites (tertiary alicyclic amines) is 1. The van der Waals surface area contributed by atoms with Crippen LogP contribution in [0, 0.1) is 18.8 Å². The number of amides is 2. The normalized spacial score (nSPS) is 21.0. The number of thioether (sulfide) groups is 1. The molecule has 3 aromatic carbocycles. The van der Waals surface area contributed by atoms with Gasteiger partial charge in [-0.1, -0.05) is 85.8 Å². The molecular weight excluding hydrogens is 464 g/mol. The van der Waals surface area contributed by atoms with Gasteiger partial charge in [-0.3, -0.25) is 9.59 Å². The Kier molecular flexibility index (Phi) is 7.01. The first-order chi connectivity index (χ1) is 17.4. The van der Waals surface area contributed by atoms with Gasteiger partial charge in [-0.2, -0.15) is 0 Å². The molecule has 3 aromatic rings. The lowest BCUT2D eigenvalue weighted by Crippen LogP contribution is -2.42. The average Bonchev–Trinajstić information content (AvgIpc) is 2.86. The molecule has 2 aliphatic rings. The Hall–Kier alpha value is -3.31. The van der Waals surface area contributed by atoms with Gasteiger partial charge >= 0.3 is 0 Å². The van der Waals surface area contributed by atoms with Crippen LogP contribution in [0.3, 0.4) is 0 Å². The maximum Gasteiger partial charge on any atom is 0.265 e. The number of piperidine rings is 1. The van der Waals surface area contributed by atoms with Crippen LogP contribution in [-0.2, 0) is 11.3 Å². The first kappa shape index (κ1) is 24.4. The minimum Gasteiger partial charge on any atom is -0.338 e. The third-order valence-corrected chi connectivity index (χ3v) is 7.93. The topological polar surface area (TPSA) is 40.6 Å². The number of rotatable bonds is 4. The summed E-state index contributed by atoms with van der Waals surface area (Å²) in [7, 11) is 0. The number of benzene rings is 3. The molecule has 184 valence electrons. The second-order valence-corrected chi connectivity index (χ2v) is 11.3. The van der Waals surface area contributed by atoms with Crippen LogP contribution in [0.25, 0.3) is 6.08 Å². The Balaban J connectivity index is 1.52. The summed E-state index contributed by atoms with van der Waals surface area (Å²) in [6.45, 7) is 8.50. The zero-order chi connectivity index (χ0) is 25.2. The van der Waals surface area contributed by atoms with E-state index >= 15 is 0 Å². The Bertz CT molecular complexity index is 1310. The van der Waals surface area contributed by atoms with Crippen molar-refractivity contribution >= 4 is 35.3 Å². The Morgan fingerprint density at radius 1 is 0.972 bits per heavy atom. The molecule has 1 saturated heterocycles. The van der Waals surface area contributed by atoms with Gasteiger partial charge in [0.05, 0.1) is 17.1 Å². The molecule has 0 aliphatic carbocycles. The summed E-state index contributed by atoms with van der Waals surface area (Å²) in [5, 5.41) is 0. The number of hydrogen-bond donors (Lipinski definition) is 0. The number of fused-ring (bicyclic) bond motifs is 1. The van der Waals surface area contributed by atoms with Crippen molar-refractivity contribution in [3.8, 4) is 0 Å². The lowest BCUT2D eigenvalue weighted by atomic mass is 9.91. The molecule has 0 saturated carbocycles. The van der Waals surface area contributed by atoms with Gasteiger partial charge < -0.3 is 9.80 Å². The highest BCUT2D eigenvalue weighted by atomic mass is 32.2. The van der Waals surface area contributed by atoms with Gasteiger partial charge in [0.1, 0.15) is 0 Å². The predicted octanol–water partition coefficient (Wildman–Crippen LogP) is 6.79. The number of anilines is 1. The van der Waals surface area contributed by atoms with E-state index in [0.717, 1.165) is 46.8 Å². The maximum atomic E-state index is 13.8. The van der Waals surface area contributed by atoms with Crippen molar-refractivity contribution in [2.75, 3.05) is 18.0 Å². The minimum atomic E-state index is -0.0392. The van der Waals surface area contributed by atoms with Gasteiger partial charge in [-0.15, -0.1) is 0 Å². The Morgan fingerprint density at radius 2 is 1.72 bits per heavy atom. The summed E-state index contributed by atoms with van der Waals surface area (Å²) >= 11 is 1.48. The molecule has 4 nitrogen and oxygen atoms in total. The van der Waals surface area contributed by atoms with E-state index in [1.807, 2.05) is 76.5 Å². The molecule has 1 fully saturated rings. The Morgan fingerprint density at radius 3 is 2.44 bits per heavy atom. The van der Waals surface area contributed by atoms with E-state index in [2.05, 4.69) is 32.9 Å². The fourth-order valence-corrected chi connectivity index (χ4v) is 6.34. The number of carbonyl (C=O) groups is 2. The summed E-state index contributed by atoms with van der Waals surface area (Å²) in [5.41, 5.74) is 4.67. The molecule has 5 rings (SSSR count). The van der Waals surface area contributed by atoms with E-state index in [1.54, 1.807) is 0 Å². The van der Waals surface area contributed by atoms with Gasteiger partial charge in [0, 0.05) is 23.5 Å². The van der Waals surface area contributed by atoms with Gasteiger partial charge in [0.15, 0.2) is 0 Å². The smallest absolute Gasteiger partial charge is 0.265 e. The lowest BCUT2D eigenvalue weighted by molar-refractivity contribution is -0.114. The van der Waals surface area contributed by atoms with Gasteiger partial charge in [0.2, 0.25) is 0 Å². The molecule has 2 atom stereocenters. The van der Waals surface area contributed by atoms with Gasteiger partial charge in [-0.25, -0.2) is 0 Å². The minimum absolute atomic E-state index is 0.0392. The van der Waals surface area contributed by atoms with E-state index in [1.165, 1.54) is 11.8 Å². The highest BCUT2D eigenvalue weighted by Gasteiger charge is 2.32. The van der Waals surface area contributed by atoms with Crippen molar-refractivity contribution < 1.29 is 9.59 Å². The highest BCUT2D eigenvalue weighted by Crippen LogP contribution is 2.43. The van der Waals surface area contributed by atoms with Gasteiger partial charge in [-0.05, 0) is 60.6 Å². The van der Waals surface area contributed by atoms with E-state index < -0.39 is 0 Å². The van der Waals surface area contributed by atoms with E-state index in [-0.39, 0.29) is 11.8 Å². The SMILES string of the molecule is Cc1cccc(CN2C(=O)/C(=C\c3ccccc3)Sc3ccc(C(=O)N4C[C@H](C)C[C@@H](C)C4)cc32)c1. The largest absolute Gasteiger partial charge is 0.338 e. The van der Waals surface area contributed by atoms with Crippen LogP contribution < -0.4 is 4.90 Å². The summed E-state index contributed by atoms with van der Waals surface area (Å²) in [6, 6.07) is 24.0. The molecule has 2 heterocycles.